The molecule has 8 heteroatoms. The van der Waals surface area contributed by atoms with Crippen LogP contribution in [0.2, 0.25) is 0 Å². The highest BCUT2D eigenvalue weighted by Crippen LogP contribution is 2.24. The van der Waals surface area contributed by atoms with Crippen molar-refractivity contribution in [2.75, 3.05) is 0 Å². The number of aromatic nitrogens is 5. The van der Waals surface area contributed by atoms with Gasteiger partial charge in [-0.25, -0.2) is 27.2 Å². The van der Waals surface area contributed by atoms with E-state index in [9.17, 15) is 13.6 Å². The minimum atomic E-state index is -0.591. The van der Waals surface area contributed by atoms with Crippen LogP contribution in [0.25, 0.3) is 22.4 Å². The Hall–Kier alpha value is -3.81. The van der Waals surface area contributed by atoms with E-state index in [1.54, 1.807) is 16.9 Å². The van der Waals surface area contributed by atoms with Crippen molar-refractivity contribution >= 4 is 11.2 Å². The number of fused-ring (bicyclic) bond motifs is 3. The Morgan fingerprint density at radius 3 is 2.48 bits per heavy atom. The predicted octanol–water partition coefficient (Wildman–Crippen LogP) is 4.26. The van der Waals surface area contributed by atoms with Gasteiger partial charge in [0.2, 0.25) is 0 Å². The van der Waals surface area contributed by atoms with Crippen molar-refractivity contribution in [1.29, 1.82) is 0 Å². The Balaban J connectivity index is 1.59. The van der Waals surface area contributed by atoms with Gasteiger partial charge >= 0.3 is 5.69 Å². The highest BCUT2D eigenvalue weighted by atomic mass is 19.1. The van der Waals surface area contributed by atoms with Crippen molar-refractivity contribution in [2.45, 2.75) is 26.3 Å². The molecule has 2 aromatic carbocycles. The first kappa shape index (κ1) is 19.2. The molecule has 0 bridgehead atoms. The number of hydrogen-bond donors (Lipinski definition) is 0. The summed E-state index contributed by atoms with van der Waals surface area (Å²) >= 11 is 0. The van der Waals surface area contributed by atoms with Crippen LogP contribution in [0.1, 0.15) is 30.9 Å². The van der Waals surface area contributed by atoms with Gasteiger partial charge in [0.1, 0.15) is 17.2 Å². The van der Waals surface area contributed by atoms with E-state index in [-0.39, 0.29) is 12.1 Å². The van der Waals surface area contributed by atoms with E-state index in [0.29, 0.717) is 17.1 Å². The van der Waals surface area contributed by atoms with Gasteiger partial charge in [-0.3, -0.25) is 0 Å². The Bertz CT molecular complexity index is 1480. The predicted molar refractivity (Wildman–Crippen MR) is 113 cm³/mol. The summed E-state index contributed by atoms with van der Waals surface area (Å²) in [4.78, 5) is 12.8. The molecule has 0 saturated carbocycles. The molecule has 0 fully saturated rings. The summed E-state index contributed by atoms with van der Waals surface area (Å²) in [6.07, 6.45) is 3.24. The quantitative estimate of drug-likeness (QED) is 0.437. The molecule has 3 heterocycles. The number of halogens is 2. The van der Waals surface area contributed by atoms with Crippen LogP contribution in [-0.2, 0) is 6.54 Å². The van der Waals surface area contributed by atoms with Gasteiger partial charge in [-0.1, -0.05) is 38.1 Å². The molecule has 0 amide bonds. The third-order valence-corrected chi connectivity index (χ3v) is 5.39. The first-order valence-corrected chi connectivity index (χ1v) is 9.92. The van der Waals surface area contributed by atoms with Crippen LogP contribution in [-0.4, -0.2) is 23.8 Å². The van der Waals surface area contributed by atoms with Crippen LogP contribution >= 0.6 is 0 Å². The summed E-state index contributed by atoms with van der Waals surface area (Å²) in [5.41, 5.74) is 3.59. The van der Waals surface area contributed by atoms with E-state index < -0.39 is 17.3 Å². The Kier molecular flexibility index (Phi) is 4.43. The third-order valence-electron chi connectivity index (χ3n) is 5.39. The van der Waals surface area contributed by atoms with Crippen LogP contribution in [0.5, 0.6) is 0 Å². The lowest BCUT2D eigenvalue weighted by Gasteiger charge is -2.05. The Morgan fingerprint density at radius 2 is 1.74 bits per heavy atom. The molecule has 5 rings (SSSR count). The molecule has 0 aliphatic heterocycles. The summed E-state index contributed by atoms with van der Waals surface area (Å²) in [5.74, 6) is -0.722. The summed E-state index contributed by atoms with van der Waals surface area (Å²) in [6.45, 7) is 4.11. The topological polar surface area (TPSA) is 56.6 Å². The maximum absolute atomic E-state index is 14.0. The van der Waals surface area contributed by atoms with Gasteiger partial charge in [0.05, 0.1) is 12.2 Å². The van der Waals surface area contributed by atoms with Gasteiger partial charge in [0.15, 0.2) is 5.65 Å². The smallest absolute Gasteiger partial charge is 0.247 e. The molecule has 156 valence electrons. The number of rotatable bonds is 4. The maximum atomic E-state index is 14.0. The molecule has 0 unspecified atom stereocenters. The average molecular weight is 419 g/mol. The Morgan fingerprint density at radius 1 is 0.968 bits per heavy atom. The number of benzene rings is 2. The van der Waals surface area contributed by atoms with Crippen molar-refractivity contribution in [2.24, 2.45) is 0 Å². The maximum Gasteiger partial charge on any atom is 0.350 e. The molecule has 5 aromatic rings. The molecule has 3 aromatic heterocycles. The fourth-order valence-electron chi connectivity index (χ4n) is 3.64. The Labute approximate surface area is 176 Å². The van der Waals surface area contributed by atoms with E-state index in [1.807, 2.05) is 18.2 Å². The zero-order chi connectivity index (χ0) is 21.7. The molecule has 0 N–H and O–H groups in total. The van der Waals surface area contributed by atoms with E-state index in [0.717, 1.165) is 34.1 Å². The summed E-state index contributed by atoms with van der Waals surface area (Å²) in [7, 11) is 0. The number of nitrogens with zero attached hydrogens (tertiary/aromatic N) is 5. The SMILES string of the molecule is CC(C)c1ccc(-c2cc3c4nn(Cc5cc(F)ccc5F)c(=O)n4ccn3n2)cc1. The average Bonchev–Trinajstić information content (AvgIpc) is 3.32. The van der Waals surface area contributed by atoms with E-state index in [1.165, 1.54) is 9.96 Å². The fourth-order valence-corrected chi connectivity index (χ4v) is 3.64. The molecule has 0 aliphatic carbocycles. The van der Waals surface area contributed by atoms with Crippen molar-refractivity contribution in [3.8, 4) is 11.3 Å². The molecule has 0 atom stereocenters. The summed E-state index contributed by atoms with van der Waals surface area (Å²) in [5, 5.41) is 8.97. The van der Waals surface area contributed by atoms with Crippen LogP contribution < -0.4 is 5.69 Å². The highest BCUT2D eigenvalue weighted by molar-refractivity contribution is 5.76. The van der Waals surface area contributed by atoms with E-state index >= 15 is 0 Å². The summed E-state index contributed by atoms with van der Waals surface area (Å²) in [6, 6.07) is 13.2. The van der Waals surface area contributed by atoms with Crippen LogP contribution in [0.15, 0.2) is 65.7 Å². The first-order valence-electron chi connectivity index (χ1n) is 9.92. The second kappa shape index (κ2) is 7.16. The van der Waals surface area contributed by atoms with Gasteiger partial charge in [-0.15, -0.1) is 5.10 Å². The zero-order valence-electron chi connectivity index (χ0n) is 17.0. The van der Waals surface area contributed by atoms with Crippen molar-refractivity contribution in [3.63, 3.8) is 0 Å². The standard InChI is InChI=1S/C23H19F2N5O/c1-14(2)15-3-5-16(6-4-15)20-12-21-22-27-30(13-17-11-18(24)7-8-19(17)25)23(31)28(22)9-10-29(21)26-20/h3-12,14H,13H2,1-2H3. The van der Waals surface area contributed by atoms with Crippen LogP contribution in [0, 0.1) is 11.6 Å². The normalized spacial score (nSPS) is 11.8. The van der Waals surface area contributed by atoms with E-state index in [2.05, 4.69) is 36.2 Å². The lowest BCUT2D eigenvalue weighted by molar-refractivity contribution is 0.561. The molecule has 31 heavy (non-hydrogen) atoms. The van der Waals surface area contributed by atoms with Crippen molar-refractivity contribution in [1.82, 2.24) is 23.8 Å². The van der Waals surface area contributed by atoms with Crippen LogP contribution in [0.3, 0.4) is 0 Å². The fraction of sp³-hybridized carbons (Fsp3) is 0.174. The lowest BCUT2D eigenvalue weighted by atomic mass is 10.0. The molecule has 0 aliphatic rings. The minimum absolute atomic E-state index is 0.0564. The molecule has 6 nitrogen and oxygen atoms in total. The largest absolute Gasteiger partial charge is 0.350 e. The highest BCUT2D eigenvalue weighted by Gasteiger charge is 2.15. The van der Waals surface area contributed by atoms with Crippen molar-refractivity contribution < 1.29 is 8.78 Å². The first-order chi connectivity index (χ1) is 14.9. The molecule has 0 spiro atoms. The van der Waals surface area contributed by atoms with Gasteiger partial charge in [-0.2, -0.15) is 5.10 Å². The minimum Gasteiger partial charge on any atom is -0.247 e. The second-order valence-corrected chi connectivity index (χ2v) is 7.80. The van der Waals surface area contributed by atoms with E-state index in [4.69, 9.17) is 0 Å². The second-order valence-electron chi connectivity index (χ2n) is 7.80. The third kappa shape index (κ3) is 3.30. The molecule has 0 radical (unpaired) electrons. The lowest BCUT2D eigenvalue weighted by Crippen LogP contribution is -2.22. The van der Waals surface area contributed by atoms with Gasteiger partial charge < -0.3 is 0 Å². The molecular weight excluding hydrogens is 400 g/mol. The van der Waals surface area contributed by atoms with Gasteiger partial charge in [0, 0.05) is 23.5 Å². The molecule has 0 saturated heterocycles. The van der Waals surface area contributed by atoms with Gasteiger partial charge in [0.25, 0.3) is 0 Å². The van der Waals surface area contributed by atoms with Gasteiger partial charge in [-0.05, 0) is 35.7 Å². The molecular formula is C23H19F2N5O. The van der Waals surface area contributed by atoms with Crippen LogP contribution in [0.4, 0.5) is 8.78 Å². The summed E-state index contributed by atoms with van der Waals surface area (Å²) < 4.78 is 31.7. The zero-order valence-corrected chi connectivity index (χ0v) is 17.0. The van der Waals surface area contributed by atoms with Crippen molar-refractivity contribution in [3.05, 3.63) is 94.2 Å². The number of hydrogen-bond acceptors (Lipinski definition) is 3. The monoisotopic (exact) mass is 419 g/mol.